The van der Waals surface area contributed by atoms with Crippen LogP contribution in [0.4, 0.5) is 11.9 Å². The van der Waals surface area contributed by atoms with E-state index in [4.69, 9.17) is 42.6 Å². The normalized spacial score (nSPS) is 21.5. The van der Waals surface area contributed by atoms with Crippen LogP contribution in [0.5, 0.6) is 0 Å². The summed E-state index contributed by atoms with van der Waals surface area (Å²) in [6, 6.07) is 41.6. The van der Waals surface area contributed by atoms with Crippen LogP contribution in [-0.4, -0.2) is 171 Å². The van der Waals surface area contributed by atoms with Gasteiger partial charge in [-0.25, -0.2) is 25.4 Å². The summed E-state index contributed by atoms with van der Waals surface area (Å²) in [6.07, 6.45) is 0.828. The lowest BCUT2D eigenvalue weighted by Gasteiger charge is -2.45. The van der Waals surface area contributed by atoms with E-state index in [2.05, 4.69) is 150 Å². The van der Waals surface area contributed by atoms with Gasteiger partial charge in [0.1, 0.15) is 24.4 Å². The zero-order chi connectivity index (χ0) is 60.3. The van der Waals surface area contributed by atoms with Gasteiger partial charge in [-0.3, -0.25) is 33.5 Å². The zero-order valence-electron chi connectivity index (χ0n) is 50.2. The van der Waals surface area contributed by atoms with Crippen LogP contribution in [0.3, 0.4) is 0 Å². The Morgan fingerprint density at radius 3 is 1.41 bits per heavy atom. The first-order chi connectivity index (χ1) is 40.8. The molecule has 10 rings (SSSR count). The molecular formula is C61H77N13O9Si2. The van der Waals surface area contributed by atoms with Gasteiger partial charge in [-0.05, 0) is 30.8 Å². The summed E-state index contributed by atoms with van der Waals surface area (Å²) in [5, 5.41) is 3.57. The second kappa shape index (κ2) is 25.3. The minimum Gasteiger partial charge on any atom is -0.405 e. The van der Waals surface area contributed by atoms with Crippen molar-refractivity contribution in [3.63, 3.8) is 0 Å². The summed E-state index contributed by atoms with van der Waals surface area (Å²) in [5.74, 6) is -0.248. The van der Waals surface area contributed by atoms with Crippen molar-refractivity contribution in [2.75, 3.05) is 62.2 Å². The SMILES string of the molecule is CO[C@@H]1[C@H](CNOC[C@H]2O[C@@H](n3cnc4c(=O)[nH]c(/N=C/N(C)C)nc43)[C@H](OC)[C@@H]2O[Si](c2ccccc2)(c2ccccc2)C(C)(C)C)[C@@H](CO[Si](c2ccccc2)(c2ccccc2)C(C)(C)C)O[C@H]1n1cnc2c(=O)[nH]c(/N=C/N(C)C)nc21. The van der Waals surface area contributed by atoms with Crippen molar-refractivity contribution in [3.05, 3.63) is 155 Å². The van der Waals surface area contributed by atoms with Gasteiger partial charge < -0.3 is 37.6 Å². The molecule has 22 nitrogen and oxygen atoms in total. The third-order valence-electron chi connectivity index (χ3n) is 15.8. The highest BCUT2D eigenvalue weighted by molar-refractivity contribution is 7.00. The maximum atomic E-state index is 13.6. The van der Waals surface area contributed by atoms with Crippen LogP contribution in [-0.2, 0) is 32.6 Å². The number of hydroxylamine groups is 1. The van der Waals surface area contributed by atoms with E-state index in [1.807, 2.05) is 76.7 Å². The summed E-state index contributed by atoms with van der Waals surface area (Å²) in [5.41, 5.74) is 3.17. The number of nitrogens with one attached hydrogen (secondary N) is 3. The number of aromatic amines is 2. The number of fused-ring (bicyclic) bond motifs is 2. The fourth-order valence-corrected chi connectivity index (χ4v) is 21.3. The molecule has 8 aromatic rings. The molecule has 3 N–H and O–H groups in total. The quantitative estimate of drug-likeness (QED) is 0.0261. The van der Waals surface area contributed by atoms with Crippen molar-refractivity contribution in [2.45, 2.75) is 94.6 Å². The van der Waals surface area contributed by atoms with E-state index in [-0.39, 0.29) is 59.0 Å². The number of H-pyrrole nitrogens is 2. The molecule has 2 aliphatic rings. The first kappa shape index (κ1) is 60.7. The number of hydrogen-bond acceptors (Lipinski definition) is 16. The van der Waals surface area contributed by atoms with E-state index in [0.717, 1.165) is 20.7 Å². The van der Waals surface area contributed by atoms with Gasteiger partial charge in [0.05, 0.1) is 44.6 Å². The van der Waals surface area contributed by atoms with Gasteiger partial charge in [-0.2, -0.15) is 9.97 Å². The monoisotopic (exact) mass is 1190 g/mol. The highest BCUT2D eigenvalue weighted by Crippen LogP contribution is 2.44. The van der Waals surface area contributed by atoms with E-state index in [0.29, 0.717) is 0 Å². The third kappa shape index (κ3) is 12.0. The van der Waals surface area contributed by atoms with Gasteiger partial charge in [0.2, 0.25) is 11.9 Å². The molecule has 2 saturated heterocycles. The minimum atomic E-state index is -3.31. The second-order valence-electron chi connectivity index (χ2n) is 23.9. The molecule has 0 saturated carbocycles. The standard InChI is InChI=1S/C61H77N13O9Si2/c1-60(2,3)84(40-25-17-13-18-26-40,41-27-19-14-20-28-41)80-35-45-44(49(77-11)56(81-45)73-38-62-47-52(73)67-58(69-54(47)75)64-36-71(7)8)33-66-79-34-46-50(83-85(61(4,5)6,42-29-21-15-22-30-42)43-31-23-16-24-32-43)51(78-12)57(82-46)74-39-63-48-53(74)68-59(70-55(48)76)65-37-72(9)10/h13-32,36-39,44-46,49-51,56-57,66H,33-35H2,1-12H3,(H,67,69,75)(H,68,70,76)/b64-36+,65-37+/t44-,45-,46-,49-,50-,51-,56-,57-/m1/s1. The van der Waals surface area contributed by atoms with Crippen molar-refractivity contribution < 1.29 is 32.6 Å². The van der Waals surface area contributed by atoms with E-state index in [9.17, 15) is 9.59 Å². The van der Waals surface area contributed by atoms with E-state index in [1.54, 1.807) is 52.2 Å². The Labute approximate surface area is 496 Å². The Balaban J connectivity index is 1.02. The molecule has 4 aromatic carbocycles. The summed E-state index contributed by atoms with van der Waals surface area (Å²) < 4.78 is 46.2. The average Bonchev–Trinajstić information content (AvgIpc) is 2.50. The molecule has 0 spiro atoms. The molecule has 0 bridgehead atoms. The third-order valence-corrected chi connectivity index (χ3v) is 25.8. The highest BCUT2D eigenvalue weighted by atomic mass is 28.4. The highest BCUT2D eigenvalue weighted by Gasteiger charge is 2.58. The summed E-state index contributed by atoms with van der Waals surface area (Å²) in [7, 11) is 4.14. The van der Waals surface area contributed by atoms with Crippen LogP contribution in [0.2, 0.25) is 10.1 Å². The fourth-order valence-electron chi connectivity index (χ4n) is 12.0. The van der Waals surface area contributed by atoms with Gasteiger partial charge in [0.25, 0.3) is 27.8 Å². The molecule has 448 valence electrons. The number of rotatable bonds is 22. The summed E-state index contributed by atoms with van der Waals surface area (Å²) in [6.45, 7) is 13.7. The lowest BCUT2D eigenvalue weighted by Crippen LogP contribution is -2.69. The predicted molar refractivity (Wildman–Crippen MR) is 333 cm³/mol. The molecule has 8 atom stereocenters. The van der Waals surface area contributed by atoms with Gasteiger partial charge in [-0.1, -0.05) is 163 Å². The van der Waals surface area contributed by atoms with Gasteiger partial charge in [0.15, 0.2) is 34.8 Å². The zero-order valence-corrected chi connectivity index (χ0v) is 52.2. The molecule has 0 unspecified atom stereocenters. The van der Waals surface area contributed by atoms with Crippen molar-refractivity contribution in [3.8, 4) is 0 Å². The summed E-state index contributed by atoms with van der Waals surface area (Å²) >= 11 is 0. The second-order valence-corrected chi connectivity index (χ2v) is 32.5. The molecule has 6 heterocycles. The number of aliphatic imine (C=N–C) groups is 2. The Kier molecular flexibility index (Phi) is 18.1. The Morgan fingerprint density at radius 1 is 0.588 bits per heavy atom. The topological polar surface area (TPSA) is 235 Å². The van der Waals surface area contributed by atoms with Crippen LogP contribution in [0, 0.1) is 5.92 Å². The average molecular weight is 1190 g/mol. The van der Waals surface area contributed by atoms with Crippen LogP contribution < -0.4 is 37.3 Å². The molecule has 2 fully saturated rings. The largest absolute Gasteiger partial charge is 0.405 e. The molecule has 0 amide bonds. The number of imidazole rings is 2. The molecular weight excluding hydrogens is 1110 g/mol. The van der Waals surface area contributed by atoms with Crippen molar-refractivity contribution in [1.82, 2.24) is 54.3 Å². The van der Waals surface area contributed by atoms with Crippen molar-refractivity contribution >= 4 is 84.3 Å². The van der Waals surface area contributed by atoms with Crippen LogP contribution in [0.1, 0.15) is 54.0 Å². The van der Waals surface area contributed by atoms with Gasteiger partial charge in [-0.15, -0.1) is 0 Å². The molecule has 0 aliphatic carbocycles. The van der Waals surface area contributed by atoms with Crippen LogP contribution in [0.15, 0.2) is 154 Å². The Bertz CT molecular complexity index is 3620. The maximum Gasteiger partial charge on any atom is 0.280 e. The minimum absolute atomic E-state index is 0.0365. The number of aromatic nitrogens is 8. The first-order valence-electron chi connectivity index (χ1n) is 28.4. The lowest BCUT2D eigenvalue weighted by molar-refractivity contribution is -0.0908. The number of benzene rings is 4. The van der Waals surface area contributed by atoms with Crippen molar-refractivity contribution in [1.29, 1.82) is 0 Å². The molecule has 0 radical (unpaired) electrons. The Morgan fingerprint density at radius 2 is 1.00 bits per heavy atom. The number of hydrogen-bond donors (Lipinski definition) is 3. The molecule has 2 aliphatic heterocycles. The predicted octanol–water partition coefficient (Wildman–Crippen LogP) is 5.18. The van der Waals surface area contributed by atoms with Gasteiger partial charge in [0, 0.05) is 54.9 Å². The maximum absolute atomic E-state index is 13.6. The van der Waals surface area contributed by atoms with Crippen LogP contribution in [0.25, 0.3) is 22.3 Å². The Hall–Kier alpha value is -7.37. The summed E-state index contributed by atoms with van der Waals surface area (Å²) in [4.78, 5) is 70.1. The number of nitrogens with zero attached hydrogens (tertiary/aromatic N) is 10. The van der Waals surface area contributed by atoms with E-state index >= 15 is 0 Å². The van der Waals surface area contributed by atoms with Crippen LogP contribution >= 0.6 is 0 Å². The molecule has 85 heavy (non-hydrogen) atoms. The van der Waals surface area contributed by atoms with E-state index < -0.39 is 81.7 Å². The number of ether oxygens (including phenoxy) is 4. The number of methoxy groups -OCH3 is 2. The molecule has 24 heteroatoms. The van der Waals surface area contributed by atoms with Crippen molar-refractivity contribution in [2.24, 2.45) is 15.9 Å². The lowest BCUT2D eigenvalue weighted by atomic mass is 9.98. The smallest absolute Gasteiger partial charge is 0.280 e. The molecule has 4 aromatic heterocycles. The first-order valence-corrected chi connectivity index (χ1v) is 32.2. The van der Waals surface area contributed by atoms with Gasteiger partial charge >= 0.3 is 0 Å². The fraction of sp³-hybridized carbons (Fsp3) is 0.410. The van der Waals surface area contributed by atoms with E-state index in [1.165, 1.54) is 6.33 Å².